The SMILES string of the molecule is COc1cc(/C=N\n2c(Cc3ccc(Cl)cc3)n[nH]c2=O)ccc1OC(=O)Cc1ccccc1. The fourth-order valence-electron chi connectivity index (χ4n) is 3.24. The van der Waals surface area contributed by atoms with E-state index in [1.165, 1.54) is 18.0 Å². The first-order valence-electron chi connectivity index (χ1n) is 10.4. The number of aromatic nitrogens is 3. The molecule has 1 N–H and O–H groups in total. The molecule has 0 aliphatic heterocycles. The molecule has 172 valence electrons. The number of aromatic amines is 1. The Morgan fingerprint density at radius 3 is 2.56 bits per heavy atom. The lowest BCUT2D eigenvalue weighted by Gasteiger charge is -2.10. The van der Waals surface area contributed by atoms with Gasteiger partial charge in [-0.25, -0.2) is 9.89 Å². The van der Waals surface area contributed by atoms with Crippen LogP contribution in [0.25, 0.3) is 0 Å². The van der Waals surface area contributed by atoms with E-state index in [-0.39, 0.29) is 6.42 Å². The van der Waals surface area contributed by atoms with E-state index in [1.807, 2.05) is 42.5 Å². The highest BCUT2D eigenvalue weighted by Crippen LogP contribution is 2.28. The predicted molar refractivity (Wildman–Crippen MR) is 129 cm³/mol. The van der Waals surface area contributed by atoms with Crippen molar-refractivity contribution in [2.75, 3.05) is 7.11 Å². The number of ether oxygens (including phenoxy) is 2. The summed E-state index contributed by atoms with van der Waals surface area (Å²) >= 11 is 5.93. The van der Waals surface area contributed by atoms with Gasteiger partial charge in [0.25, 0.3) is 0 Å². The van der Waals surface area contributed by atoms with Gasteiger partial charge in [0.2, 0.25) is 0 Å². The number of nitrogens with one attached hydrogen (secondary N) is 1. The Balaban J connectivity index is 1.48. The lowest BCUT2D eigenvalue weighted by molar-refractivity contribution is -0.133. The van der Waals surface area contributed by atoms with Gasteiger partial charge in [0.05, 0.1) is 19.7 Å². The van der Waals surface area contributed by atoms with Crippen molar-refractivity contribution in [1.82, 2.24) is 14.9 Å². The number of methoxy groups -OCH3 is 1. The van der Waals surface area contributed by atoms with Crippen molar-refractivity contribution in [2.45, 2.75) is 12.8 Å². The number of rotatable bonds is 8. The van der Waals surface area contributed by atoms with Crippen LogP contribution in [0.5, 0.6) is 11.5 Å². The van der Waals surface area contributed by atoms with E-state index in [9.17, 15) is 9.59 Å². The summed E-state index contributed by atoms with van der Waals surface area (Å²) < 4.78 is 12.0. The molecule has 0 aliphatic rings. The second kappa shape index (κ2) is 10.6. The molecule has 0 saturated carbocycles. The fourth-order valence-corrected chi connectivity index (χ4v) is 3.36. The molecular weight excluding hydrogens is 456 g/mol. The van der Waals surface area contributed by atoms with E-state index < -0.39 is 11.7 Å². The Kier molecular flexibility index (Phi) is 7.19. The van der Waals surface area contributed by atoms with E-state index in [2.05, 4.69) is 15.3 Å². The third-order valence-corrected chi connectivity index (χ3v) is 5.17. The van der Waals surface area contributed by atoms with Crippen LogP contribution < -0.4 is 15.2 Å². The van der Waals surface area contributed by atoms with Crippen molar-refractivity contribution < 1.29 is 14.3 Å². The first-order valence-corrected chi connectivity index (χ1v) is 10.8. The minimum atomic E-state index is -0.460. The number of H-pyrrole nitrogens is 1. The highest BCUT2D eigenvalue weighted by molar-refractivity contribution is 6.30. The molecule has 0 fully saturated rings. The normalized spacial score (nSPS) is 11.0. The Morgan fingerprint density at radius 2 is 1.82 bits per heavy atom. The summed E-state index contributed by atoms with van der Waals surface area (Å²) in [6.45, 7) is 0. The van der Waals surface area contributed by atoms with E-state index in [4.69, 9.17) is 21.1 Å². The molecule has 34 heavy (non-hydrogen) atoms. The summed E-state index contributed by atoms with van der Waals surface area (Å²) in [6.07, 6.45) is 2.04. The average Bonchev–Trinajstić information content (AvgIpc) is 3.19. The number of halogens is 1. The molecule has 1 heterocycles. The zero-order chi connectivity index (χ0) is 23.9. The maximum absolute atomic E-state index is 12.3. The van der Waals surface area contributed by atoms with Crippen LogP contribution in [-0.2, 0) is 17.6 Å². The Hall–Kier alpha value is -4.17. The van der Waals surface area contributed by atoms with Gasteiger partial charge in [0.15, 0.2) is 17.3 Å². The molecule has 4 aromatic rings. The molecule has 0 radical (unpaired) electrons. The number of esters is 1. The van der Waals surface area contributed by atoms with Crippen LogP contribution in [0, 0.1) is 0 Å². The second-order valence-corrected chi connectivity index (χ2v) is 7.79. The number of hydrogen-bond acceptors (Lipinski definition) is 6. The van der Waals surface area contributed by atoms with Gasteiger partial charge in [-0.05, 0) is 47.0 Å². The smallest absolute Gasteiger partial charge is 0.364 e. The van der Waals surface area contributed by atoms with Gasteiger partial charge in [-0.1, -0.05) is 54.1 Å². The van der Waals surface area contributed by atoms with E-state index in [0.717, 1.165) is 11.1 Å². The molecule has 4 rings (SSSR count). The largest absolute Gasteiger partial charge is 0.493 e. The second-order valence-electron chi connectivity index (χ2n) is 7.35. The lowest BCUT2D eigenvalue weighted by Crippen LogP contribution is -2.15. The molecule has 0 unspecified atom stereocenters. The molecule has 0 saturated heterocycles. The summed E-state index contributed by atoms with van der Waals surface area (Å²) in [5.41, 5.74) is 1.97. The van der Waals surface area contributed by atoms with Crippen molar-refractivity contribution in [3.63, 3.8) is 0 Å². The summed E-state index contributed by atoms with van der Waals surface area (Å²) in [4.78, 5) is 24.5. The third kappa shape index (κ3) is 5.79. The van der Waals surface area contributed by atoms with Crippen molar-refractivity contribution in [2.24, 2.45) is 5.10 Å². The van der Waals surface area contributed by atoms with Gasteiger partial charge in [-0.15, -0.1) is 0 Å². The van der Waals surface area contributed by atoms with Gasteiger partial charge < -0.3 is 9.47 Å². The molecule has 8 nitrogen and oxygen atoms in total. The lowest BCUT2D eigenvalue weighted by atomic mass is 10.1. The maximum atomic E-state index is 12.3. The zero-order valence-electron chi connectivity index (χ0n) is 18.3. The summed E-state index contributed by atoms with van der Waals surface area (Å²) in [7, 11) is 1.48. The minimum Gasteiger partial charge on any atom is -0.493 e. The highest BCUT2D eigenvalue weighted by Gasteiger charge is 2.12. The van der Waals surface area contributed by atoms with Crippen molar-refractivity contribution >= 4 is 23.8 Å². The number of carbonyl (C=O) groups is 1. The van der Waals surface area contributed by atoms with Gasteiger partial charge in [0, 0.05) is 11.4 Å². The summed E-state index contributed by atoms with van der Waals surface area (Å²) in [5, 5.41) is 11.4. The Bertz CT molecular complexity index is 1360. The number of benzene rings is 3. The maximum Gasteiger partial charge on any atom is 0.364 e. The molecular formula is C25H21ClN4O4. The standard InChI is InChI=1S/C25H21ClN4O4/c1-33-22-13-19(9-12-21(22)34-24(31)15-17-5-3-2-4-6-17)16-27-30-23(28-29-25(30)32)14-18-7-10-20(26)11-8-18/h2-13,16H,14-15H2,1H3,(H,29,32)/b27-16-. The quantitative estimate of drug-likeness (QED) is 0.236. The fraction of sp³-hybridized carbons (Fsp3) is 0.120. The highest BCUT2D eigenvalue weighted by atomic mass is 35.5. The van der Waals surface area contributed by atoms with Crippen LogP contribution in [0.3, 0.4) is 0 Å². The van der Waals surface area contributed by atoms with Crippen LogP contribution in [0.4, 0.5) is 0 Å². The van der Waals surface area contributed by atoms with Crippen LogP contribution in [0.15, 0.2) is 82.7 Å². The molecule has 0 atom stereocenters. The number of hydrogen-bond donors (Lipinski definition) is 1. The molecule has 0 aliphatic carbocycles. The minimum absolute atomic E-state index is 0.146. The summed E-state index contributed by atoms with van der Waals surface area (Å²) in [5.74, 6) is 0.709. The molecule has 0 spiro atoms. The van der Waals surface area contributed by atoms with Crippen molar-refractivity contribution in [3.05, 3.63) is 111 Å². The Labute approximate surface area is 200 Å². The molecule has 1 aromatic heterocycles. The zero-order valence-corrected chi connectivity index (χ0v) is 19.0. The van der Waals surface area contributed by atoms with E-state index in [1.54, 1.807) is 30.3 Å². The van der Waals surface area contributed by atoms with Crippen LogP contribution in [0.2, 0.25) is 5.02 Å². The van der Waals surface area contributed by atoms with Crippen LogP contribution >= 0.6 is 11.6 Å². The van der Waals surface area contributed by atoms with Gasteiger partial charge in [0.1, 0.15) is 0 Å². The van der Waals surface area contributed by atoms with Crippen molar-refractivity contribution in [3.8, 4) is 11.5 Å². The topological polar surface area (TPSA) is 98.6 Å². The van der Waals surface area contributed by atoms with Crippen molar-refractivity contribution in [1.29, 1.82) is 0 Å². The summed E-state index contributed by atoms with van der Waals surface area (Å²) in [6, 6.07) is 21.6. The average molecular weight is 477 g/mol. The predicted octanol–water partition coefficient (Wildman–Crippen LogP) is 3.85. The first kappa shape index (κ1) is 23.0. The van der Waals surface area contributed by atoms with Crippen LogP contribution in [-0.4, -0.2) is 34.2 Å². The van der Waals surface area contributed by atoms with Gasteiger partial charge >= 0.3 is 11.7 Å². The molecule has 3 aromatic carbocycles. The first-order chi connectivity index (χ1) is 16.5. The number of carbonyl (C=O) groups excluding carboxylic acids is 1. The van der Waals surface area contributed by atoms with Gasteiger partial charge in [-0.2, -0.15) is 14.9 Å². The van der Waals surface area contributed by atoms with Crippen LogP contribution in [0.1, 0.15) is 22.5 Å². The number of nitrogens with zero attached hydrogens (tertiary/aromatic N) is 3. The third-order valence-electron chi connectivity index (χ3n) is 4.92. The molecule has 0 amide bonds. The Morgan fingerprint density at radius 1 is 1.06 bits per heavy atom. The van der Waals surface area contributed by atoms with E-state index in [0.29, 0.717) is 34.3 Å². The van der Waals surface area contributed by atoms with Gasteiger partial charge in [-0.3, -0.25) is 4.79 Å². The molecule has 0 bridgehead atoms. The monoisotopic (exact) mass is 476 g/mol. The van der Waals surface area contributed by atoms with E-state index >= 15 is 0 Å². The molecule has 9 heteroatoms.